The molecule has 142 valence electrons. The molecule has 1 heterocycles. The Morgan fingerprint density at radius 2 is 1.70 bits per heavy atom. The Morgan fingerprint density at radius 1 is 1.04 bits per heavy atom. The molecule has 1 amide bonds. The zero-order valence-corrected chi connectivity index (χ0v) is 14.9. The highest BCUT2D eigenvalue weighted by Crippen LogP contribution is 2.16. The van der Waals surface area contributed by atoms with E-state index in [2.05, 4.69) is 5.32 Å². The molecule has 0 bridgehead atoms. The molecule has 0 aliphatic rings. The van der Waals surface area contributed by atoms with E-state index in [0.717, 1.165) is 6.07 Å². The van der Waals surface area contributed by atoms with Gasteiger partial charge in [-0.05, 0) is 32.0 Å². The first kappa shape index (κ1) is 19.9. The average Bonchev–Trinajstić information content (AvgIpc) is 2.64. The van der Waals surface area contributed by atoms with Gasteiger partial charge in [0.25, 0.3) is 5.91 Å². The van der Waals surface area contributed by atoms with Crippen molar-refractivity contribution in [3.63, 3.8) is 0 Å². The summed E-state index contributed by atoms with van der Waals surface area (Å²) in [7, 11) is 0. The van der Waals surface area contributed by atoms with Crippen LogP contribution in [0.4, 0.5) is 5.69 Å². The number of benzene rings is 1. The number of nitrogens with one attached hydrogen (secondary N) is 1. The van der Waals surface area contributed by atoms with E-state index >= 15 is 0 Å². The molecule has 8 nitrogen and oxygen atoms in total. The van der Waals surface area contributed by atoms with Crippen molar-refractivity contribution in [1.82, 2.24) is 0 Å². The van der Waals surface area contributed by atoms with Gasteiger partial charge in [-0.1, -0.05) is 18.2 Å². The Bertz CT molecular complexity index is 887. The maximum Gasteiger partial charge on any atom is 0.359 e. The summed E-state index contributed by atoms with van der Waals surface area (Å²) in [6.07, 6.45) is -0.413. The zero-order chi connectivity index (χ0) is 19.8. The summed E-state index contributed by atoms with van der Waals surface area (Å²) in [6, 6.07) is 9.36. The number of hydrogen-bond donors (Lipinski definition) is 1. The number of hydrogen-bond acceptors (Lipinski definition) is 7. The number of esters is 2. The van der Waals surface area contributed by atoms with Crippen LogP contribution in [0, 0.1) is 0 Å². The van der Waals surface area contributed by atoms with Crippen LogP contribution in [-0.4, -0.2) is 31.1 Å². The number of anilines is 1. The van der Waals surface area contributed by atoms with Gasteiger partial charge in [0.2, 0.25) is 0 Å². The van der Waals surface area contributed by atoms with E-state index in [-0.39, 0.29) is 30.2 Å². The summed E-state index contributed by atoms with van der Waals surface area (Å²) in [5, 5.41) is 2.40. The van der Waals surface area contributed by atoms with Crippen molar-refractivity contribution < 1.29 is 28.3 Å². The fourth-order valence-electron chi connectivity index (χ4n) is 2.23. The lowest BCUT2D eigenvalue weighted by Crippen LogP contribution is -2.22. The van der Waals surface area contributed by atoms with Gasteiger partial charge in [-0.15, -0.1) is 0 Å². The van der Waals surface area contributed by atoms with E-state index in [4.69, 9.17) is 13.9 Å². The summed E-state index contributed by atoms with van der Waals surface area (Å²) in [5.74, 6) is -2.17. The first-order valence-electron chi connectivity index (χ1n) is 8.32. The number of carbonyl (C=O) groups excluding carboxylic acids is 3. The molecule has 0 unspecified atom stereocenters. The minimum absolute atomic E-state index is 0.0858. The molecular formula is C19H19NO7. The first-order chi connectivity index (χ1) is 13.0. The molecule has 0 fully saturated rings. The second-order valence-electron chi connectivity index (χ2n) is 5.31. The predicted molar refractivity (Wildman–Crippen MR) is 95.7 cm³/mol. The van der Waals surface area contributed by atoms with Gasteiger partial charge in [0.15, 0.2) is 0 Å². The van der Waals surface area contributed by atoms with Gasteiger partial charge in [-0.3, -0.25) is 9.59 Å². The lowest BCUT2D eigenvalue weighted by atomic mass is 10.1. The van der Waals surface area contributed by atoms with Crippen molar-refractivity contribution in [1.29, 1.82) is 0 Å². The van der Waals surface area contributed by atoms with E-state index in [0.29, 0.717) is 5.56 Å². The maximum atomic E-state index is 12.2. The second-order valence-corrected chi connectivity index (χ2v) is 5.31. The summed E-state index contributed by atoms with van der Waals surface area (Å²) >= 11 is 0. The number of rotatable bonds is 7. The zero-order valence-electron chi connectivity index (χ0n) is 14.9. The summed E-state index contributed by atoms with van der Waals surface area (Å²) < 4.78 is 14.8. The molecule has 0 radical (unpaired) electrons. The molecule has 8 heteroatoms. The van der Waals surface area contributed by atoms with Crippen LogP contribution in [0.5, 0.6) is 0 Å². The third-order valence-electron chi connectivity index (χ3n) is 3.41. The number of carbonyl (C=O) groups is 3. The van der Waals surface area contributed by atoms with E-state index in [1.54, 1.807) is 44.2 Å². The average molecular weight is 373 g/mol. The van der Waals surface area contributed by atoms with Crippen LogP contribution in [-0.2, 0) is 20.7 Å². The third kappa shape index (κ3) is 5.27. The highest BCUT2D eigenvalue weighted by molar-refractivity contribution is 6.04. The first-order valence-corrected chi connectivity index (χ1v) is 8.32. The van der Waals surface area contributed by atoms with Crippen molar-refractivity contribution in [3.05, 3.63) is 63.7 Å². The van der Waals surface area contributed by atoms with Gasteiger partial charge in [0.05, 0.1) is 13.2 Å². The Kier molecular flexibility index (Phi) is 6.87. The minimum atomic E-state index is -0.897. The van der Waals surface area contributed by atoms with Crippen molar-refractivity contribution in [2.45, 2.75) is 20.3 Å². The molecule has 0 aliphatic carbocycles. The van der Waals surface area contributed by atoms with Crippen LogP contribution in [0.25, 0.3) is 0 Å². The molecule has 0 saturated heterocycles. The summed E-state index contributed by atoms with van der Waals surface area (Å²) in [6.45, 7) is 3.47. The molecule has 1 N–H and O–H groups in total. The van der Waals surface area contributed by atoms with Gasteiger partial charge in [0.1, 0.15) is 23.4 Å². The highest BCUT2D eigenvalue weighted by Gasteiger charge is 2.22. The monoisotopic (exact) mass is 373 g/mol. The Labute approximate surface area is 155 Å². The fourth-order valence-corrected chi connectivity index (χ4v) is 2.23. The molecule has 0 atom stereocenters. The maximum absolute atomic E-state index is 12.2. The van der Waals surface area contributed by atoms with Gasteiger partial charge in [-0.2, -0.15) is 0 Å². The van der Waals surface area contributed by atoms with Crippen LogP contribution in [0.15, 0.2) is 45.6 Å². The Balaban J connectivity index is 2.37. The number of amides is 1. The van der Waals surface area contributed by atoms with Crippen molar-refractivity contribution in [3.8, 4) is 0 Å². The Morgan fingerprint density at radius 3 is 2.33 bits per heavy atom. The van der Waals surface area contributed by atoms with Crippen molar-refractivity contribution in [2.75, 3.05) is 18.5 Å². The normalized spacial score (nSPS) is 10.1. The summed E-state index contributed by atoms with van der Waals surface area (Å²) in [4.78, 5) is 48.3. The topological polar surface area (TPSA) is 112 Å². The molecular weight excluding hydrogens is 354 g/mol. The van der Waals surface area contributed by atoms with Crippen molar-refractivity contribution >= 4 is 23.5 Å². The molecule has 0 spiro atoms. The fraction of sp³-hybridized carbons (Fsp3) is 0.263. The van der Waals surface area contributed by atoms with E-state index in [9.17, 15) is 19.2 Å². The molecule has 1 aromatic heterocycles. The van der Waals surface area contributed by atoms with Crippen LogP contribution >= 0.6 is 0 Å². The Hall–Kier alpha value is -3.42. The van der Waals surface area contributed by atoms with E-state index < -0.39 is 29.9 Å². The van der Waals surface area contributed by atoms with E-state index in [1.807, 2.05) is 0 Å². The predicted octanol–water partition coefficient (Wildman–Crippen LogP) is 2.17. The summed E-state index contributed by atoms with van der Waals surface area (Å²) in [5.41, 5.74) is -0.941. The molecule has 0 aliphatic heterocycles. The van der Waals surface area contributed by atoms with Gasteiger partial charge in [0, 0.05) is 5.56 Å². The third-order valence-corrected chi connectivity index (χ3v) is 3.41. The van der Waals surface area contributed by atoms with Crippen LogP contribution in [0.2, 0.25) is 0 Å². The quantitative estimate of drug-likeness (QED) is 0.740. The molecule has 27 heavy (non-hydrogen) atoms. The van der Waals surface area contributed by atoms with Crippen LogP contribution in [0.3, 0.4) is 0 Å². The lowest BCUT2D eigenvalue weighted by Gasteiger charge is -2.10. The molecule has 2 rings (SSSR count). The SMILES string of the molecule is CCOC(=O)Cc1oc(=O)c(NC(=O)c2ccccc2)cc1C(=O)OCC. The second kappa shape index (κ2) is 9.33. The highest BCUT2D eigenvalue weighted by atomic mass is 16.5. The minimum Gasteiger partial charge on any atom is -0.466 e. The molecule has 0 saturated carbocycles. The standard InChI is InChI=1S/C19H19NO7/c1-3-25-16(21)11-15-13(18(23)26-4-2)10-14(19(24)27-15)20-17(22)12-8-6-5-7-9-12/h5-10H,3-4,11H2,1-2H3,(H,20,22). The van der Waals surface area contributed by atoms with Crippen LogP contribution < -0.4 is 10.9 Å². The molecule has 2 aromatic rings. The van der Waals surface area contributed by atoms with Gasteiger partial charge >= 0.3 is 17.6 Å². The van der Waals surface area contributed by atoms with Gasteiger partial charge < -0.3 is 19.2 Å². The lowest BCUT2D eigenvalue weighted by molar-refractivity contribution is -0.142. The van der Waals surface area contributed by atoms with Crippen molar-refractivity contribution in [2.24, 2.45) is 0 Å². The largest absolute Gasteiger partial charge is 0.466 e. The number of ether oxygens (including phenoxy) is 2. The van der Waals surface area contributed by atoms with Gasteiger partial charge in [-0.25, -0.2) is 9.59 Å². The van der Waals surface area contributed by atoms with E-state index in [1.165, 1.54) is 0 Å². The van der Waals surface area contributed by atoms with Crippen LogP contribution in [0.1, 0.15) is 40.3 Å². The smallest absolute Gasteiger partial charge is 0.359 e. The molecule has 1 aromatic carbocycles.